The summed E-state index contributed by atoms with van der Waals surface area (Å²) in [6.45, 7) is 8.22. The number of carboxylic acid groups (broad SMARTS) is 1. The second kappa shape index (κ2) is 11.0. The fourth-order valence-electron chi connectivity index (χ4n) is 3.85. The molecule has 4 aromatic rings. The van der Waals surface area contributed by atoms with E-state index in [2.05, 4.69) is 67.5 Å². The van der Waals surface area contributed by atoms with Gasteiger partial charge in [-0.3, -0.25) is 4.57 Å². The number of para-hydroxylation sites is 1. The average molecular weight is 634 g/mol. The van der Waals surface area contributed by atoms with Gasteiger partial charge in [-0.2, -0.15) is 4.99 Å². The third-order valence-corrected chi connectivity index (χ3v) is 10.8. The lowest BCUT2D eigenvalue weighted by Gasteiger charge is -2.16. The summed E-state index contributed by atoms with van der Waals surface area (Å²) in [5, 5.41) is 18.9. The normalized spacial score (nSPS) is 14.4. The number of thiazole rings is 2. The molecule has 0 amide bonds. The van der Waals surface area contributed by atoms with Gasteiger partial charge in [-0.1, -0.05) is 54.4 Å². The Kier molecular flexibility index (Phi) is 7.83. The highest BCUT2D eigenvalue weighted by Gasteiger charge is 2.29. The number of carboxylic acids is 1. The molecule has 1 aromatic carbocycles. The zero-order valence-corrected chi connectivity index (χ0v) is 25.9. The second-order valence-corrected chi connectivity index (χ2v) is 19.4. The van der Waals surface area contributed by atoms with Gasteiger partial charge in [-0.15, -0.1) is 10.2 Å². The van der Waals surface area contributed by atoms with Gasteiger partial charge in [0, 0.05) is 27.3 Å². The van der Waals surface area contributed by atoms with Crippen molar-refractivity contribution < 1.29 is 14.6 Å². The van der Waals surface area contributed by atoms with Gasteiger partial charge in [0.25, 0.3) is 0 Å². The Morgan fingerprint density at radius 1 is 1.26 bits per heavy atom. The fourth-order valence-corrected chi connectivity index (χ4v) is 7.08. The highest BCUT2D eigenvalue weighted by atomic mass is 79.9. The number of hydrogen-bond donors (Lipinski definition) is 1. The van der Waals surface area contributed by atoms with Crippen molar-refractivity contribution in [3.8, 4) is 0 Å². The number of ether oxygens (including phenoxy) is 1. The van der Waals surface area contributed by atoms with E-state index in [1.54, 1.807) is 16.2 Å². The van der Waals surface area contributed by atoms with Crippen LogP contribution in [0.1, 0.15) is 34.8 Å². The van der Waals surface area contributed by atoms with Gasteiger partial charge in [0.2, 0.25) is 0 Å². The molecule has 9 nitrogen and oxygen atoms in total. The molecule has 1 aliphatic carbocycles. The number of anilines is 2. The van der Waals surface area contributed by atoms with E-state index in [-0.39, 0.29) is 5.69 Å². The summed E-state index contributed by atoms with van der Waals surface area (Å²) < 4.78 is 9.83. The van der Waals surface area contributed by atoms with E-state index in [4.69, 9.17) is 9.73 Å². The number of aromatic nitrogens is 4. The van der Waals surface area contributed by atoms with Crippen LogP contribution in [0, 0.1) is 0 Å². The van der Waals surface area contributed by atoms with E-state index >= 15 is 0 Å². The third kappa shape index (κ3) is 6.06. The molecule has 1 N–H and O–H groups in total. The van der Waals surface area contributed by atoms with E-state index in [1.165, 1.54) is 11.3 Å². The highest BCUT2D eigenvalue weighted by Crippen LogP contribution is 2.45. The van der Waals surface area contributed by atoms with Gasteiger partial charge in [-0.25, -0.2) is 9.78 Å². The maximum absolute atomic E-state index is 11.4. The quantitative estimate of drug-likeness (QED) is 0.155. The summed E-state index contributed by atoms with van der Waals surface area (Å²) >= 11 is 6.16. The Bertz CT molecular complexity index is 1560. The minimum absolute atomic E-state index is 0.0137. The largest absolute Gasteiger partial charge is 0.476 e. The molecule has 0 bridgehead atoms. The van der Waals surface area contributed by atoms with Crippen LogP contribution in [0.5, 0.6) is 0 Å². The highest BCUT2D eigenvalue weighted by molar-refractivity contribution is 9.11. The second-order valence-electron chi connectivity index (χ2n) is 10.5. The van der Waals surface area contributed by atoms with E-state index < -0.39 is 14.0 Å². The molecule has 0 unspecified atom stereocenters. The number of fused-ring (bicyclic) bond motifs is 1. The number of nitrogens with zero attached hydrogens (tertiary/aromatic N) is 6. The Morgan fingerprint density at radius 2 is 2.03 bits per heavy atom. The number of hydrogen-bond acceptors (Lipinski definition) is 9. The predicted octanol–water partition coefficient (Wildman–Crippen LogP) is 6.60. The summed E-state index contributed by atoms with van der Waals surface area (Å²) in [6, 6.07) is 11.4. The van der Waals surface area contributed by atoms with Crippen molar-refractivity contribution in [1.29, 1.82) is 0 Å². The van der Waals surface area contributed by atoms with E-state index in [9.17, 15) is 9.90 Å². The number of benzene rings is 1. The lowest BCUT2D eigenvalue weighted by Crippen LogP contribution is -2.23. The zero-order chi connectivity index (χ0) is 27.0. The maximum atomic E-state index is 11.4. The average Bonchev–Trinajstić information content (AvgIpc) is 3.55. The van der Waals surface area contributed by atoms with Crippen LogP contribution in [-0.4, -0.2) is 52.6 Å². The summed E-state index contributed by atoms with van der Waals surface area (Å²) in [7, 11) is 0.631. The molecule has 3 aromatic heterocycles. The first kappa shape index (κ1) is 27.1. The molecular formula is C25H29BrN6O3S2Si. The van der Waals surface area contributed by atoms with E-state index in [0.717, 1.165) is 46.1 Å². The first-order valence-electron chi connectivity index (χ1n) is 12.3. The zero-order valence-electron chi connectivity index (χ0n) is 21.6. The van der Waals surface area contributed by atoms with Crippen molar-refractivity contribution in [3.05, 3.63) is 50.2 Å². The van der Waals surface area contributed by atoms with Crippen molar-refractivity contribution >= 4 is 79.6 Å². The Morgan fingerprint density at radius 3 is 2.71 bits per heavy atom. The molecule has 200 valence electrons. The van der Waals surface area contributed by atoms with Crippen LogP contribution in [-0.2, 0) is 11.5 Å². The van der Waals surface area contributed by atoms with Crippen LogP contribution in [0.4, 0.5) is 16.8 Å². The van der Waals surface area contributed by atoms with Crippen LogP contribution in [0.3, 0.4) is 0 Å². The smallest absolute Gasteiger partial charge is 0.356 e. The lowest BCUT2D eigenvalue weighted by molar-refractivity contribution is 0.0690. The molecule has 1 fully saturated rings. The summed E-state index contributed by atoms with van der Waals surface area (Å²) in [5.74, 6) is 0.513. The number of carbonyl (C=O) groups is 1. The van der Waals surface area contributed by atoms with Gasteiger partial charge >= 0.3 is 5.97 Å². The summed E-state index contributed by atoms with van der Waals surface area (Å²) in [6.07, 6.45) is 2.16. The monoisotopic (exact) mass is 632 g/mol. The molecule has 38 heavy (non-hydrogen) atoms. The van der Waals surface area contributed by atoms with Crippen LogP contribution in [0.15, 0.2) is 39.1 Å². The molecule has 0 radical (unpaired) electrons. The molecule has 0 aliphatic heterocycles. The lowest BCUT2D eigenvalue weighted by atomic mass is 10.2. The van der Waals surface area contributed by atoms with Gasteiger partial charge < -0.3 is 14.7 Å². The van der Waals surface area contributed by atoms with Gasteiger partial charge in [0.1, 0.15) is 10.5 Å². The van der Waals surface area contributed by atoms with Gasteiger partial charge in [0.15, 0.2) is 27.3 Å². The standard InChI is InChI=1S/C25H29BrN6O3S2Si/c1-31(24-27-20(23(33)34)21(26)37-24)19-13-16(15-9-10-15)22(30-29-19)28-25-32(14-35-11-12-38(2,3)4)17-7-5-6-8-18(17)36-25/h5-8,13,15H,9-12,14H2,1-4H3,(H,33,34)/b28-25-. The molecule has 1 saturated carbocycles. The van der Waals surface area contributed by atoms with Crippen LogP contribution in [0.2, 0.25) is 25.7 Å². The molecule has 0 spiro atoms. The van der Waals surface area contributed by atoms with Crippen LogP contribution < -0.4 is 9.70 Å². The first-order chi connectivity index (χ1) is 18.1. The van der Waals surface area contributed by atoms with Gasteiger partial charge in [-0.05, 0) is 58.9 Å². The molecule has 5 rings (SSSR count). The third-order valence-electron chi connectivity index (χ3n) is 6.22. The summed E-state index contributed by atoms with van der Waals surface area (Å²) in [4.78, 5) is 23.3. The number of aromatic carboxylic acids is 1. The minimum Gasteiger partial charge on any atom is -0.476 e. The molecule has 0 atom stereocenters. The predicted molar refractivity (Wildman–Crippen MR) is 158 cm³/mol. The van der Waals surface area contributed by atoms with Crippen LogP contribution in [0.25, 0.3) is 10.2 Å². The molecule has 13 heteroatoms. The Balaban J connectivity index is 1.49. The molecular weight excluding hydrogens is 604 g/mol. The Labute approximate surface area is 238 Å². The summed E-state index contributed by atoms with van der Waals surface area (Å²) in [5.41, 5.74) is 2.12. The fraction of sp³-hybridized carbons (Fsp3) is 0.400. The van der Waals surface area contributed by atoms with Gasteiger partial charge in [0.05, 0.1) is 10.2 Å². The van der Waals surface area contributed by atoms with Crippen molar-refractivity contribution in [2.75, 3.05) is 18.6 Å². The van der Waals surface area contributed by atoms with Crippen molar-refractivity contribution in [1.82, 2.24) is 19.7 Å². The number of rotatable bonds is 10. The SMILES string of the molecule is CN(c1cc(C2CC2)c(/N=c2\sc3ccccc3n2COCC[Si](C)(C)C)nn1)c1nc(C(=O)O)c(Br)s1. The minimum atomic E-state index is -1.18. The first-order valence-corrected chi connectivity index (χ1v) is 18.5. The van der Waals surface area contributed by atoms with E-state index in [1.807, 2.05) is 25.2 Å². The van der Waals surface area contributed by atoms with E-state index in [0.29, 0.717) is 33.2 Å². The molecule has 0 saturated heterocycles. The van der Waals surface area contributed by atoms with Crippen molar-refractivity contribution in [2.45, 2.75) is 51.2 Å². The van der Waals surface area contributed by atoms with Crippen LogP contribution >= 0.6 is 38.6 Å². The Hall–Kier alpha value is -2.45. The number of halogens is 1. The topological polar surface area (TPSA) is 106 Å². The molecule has 1 aliphatic rings. The van der Waals surface area contributed by atoms with Crippen molar-refractivity contribution in [3.63, 3.8) is 0 Å². The molecule has 3 heterocycles. The maximum Gasteiger partial charge on any atom is 0.356 e. The van der Waals surface area contributed by atoms with Crippen molar-refractivity contribution in [2.24, 2.45) is 4.99 Å².